The molecule has 1 aliphatic carbocycles. The number of aliphatic hydroxyl groups excluding tert-OH is 3. The number of carbonyl (C=O) groups excluding carboxylic acids is 1. The third-order valence-corrected chi connectivity index (χ3v) is 4.90. The maximum atomic E-state index is 10.3. The molecule has 1 saturated carbocycles. The summed E-state index contributed by atoms with van der Waals surface area (Å²) in [6, 6.07) is 0. The number of aliphatic carboxylic acids is 1. The van der Waals surface area contributed by atoms with E-state index in [-0.39, 0.29) is 18.3 Å². The smallest absolute Gasteiger partial charge is 0.0721 e. The lowest BCUT2D eigenvalue weighted by molar-refractivity contribution is -0.305. The lowest BCUT2D eigenvalue weighted by Crippen LogP contribution is -2.21. The fourth-order valence-corrected chi connectivity index (χ4v) is 3.40. The Kier molecular flexibility index (Phi) is 10.7. The second-order valence-electron chi connectivity index (χ2n) is 7.03. The van der Waals surface area contributed by atoms with Crippen molar-refractivity contribution >= 4 is 5.97 Å². The van der Waals surface area contributed by atoms with Gasteiger partial charge in [0.25, 0.3) is 0 Å². The summed E-state index contributed by atoms with van der Waals surface area (Å²) >= 11 is 0. The van der Waals surface area contributed by atoms with Gasteiger partial charge in [0.2, 0.25) is 0 Å². The van der Waals surface area contributed by atoms with E-state index in [1.807, 2.05) is 18.2 Å². The number of carbonyl (C=O) groups is 1. The van der Waals surface area contributed by atoms with Crippen LogP contribution in [0.5, 0.6) is 0 Å². The third kappa shape index (κ3) is 8.66. The lowest BCUT2D eigenvalue weighted by Gasteiger charge is -2.19. The van der Waals surface area contributed by atoms with Gasteiger partial charge in [0.05, 0.1) is 18.3 Å². The minimum Gasteiger partial charge on any atom is -0.550 e. The molecule has 0 aliphatic heterocycles. The zero-order valence-electron chi connectivity index (χ0n) is 15.2. The zero-order chi connectivity index (χ0) is 18.7. The molecule has 0 amide bonds. The standard InChI is InChI=1S/C20H34O5/c1-2-3-6-9-15(21)12-13-17-16(18(22)14-19(17)23)10-7-4-5-8-11-20(24)25/h4,7,12-13,15-19,21-23H,2-3,5-6,8-11,14H2,1H3,(H,24,25)/p-1/b7-4+,13-12+/t15-,16+,17+,18-,19+/m0/s1. The molecule has 1 rings (SSSR count). The van der Waals surface area contributed by atoms with Crippen molar-refractivity contribution in [2.45, 2.75) is 83.0 Å². The van der Waals surface area contributed by atoms with Crippen molar-refractivity contribution in [3.05, 3.63) is 24.3 Å². The van der Waals surface area contributed by atoms with Gasteiger partial charge in [-0.15, -0.1) is 0 Å². The Morgan fingerprint density at radius 3 is 2.64 bits per heavy atom. The van der Waals surface area contributed by atoms with Crippen molar-refractivity contribution in [2.75, 3.05) is 0 Å². The van der Waals surface area contributed by atoms with Gasteiger partial charge in [0, 0.05) is 18.3 Å². The largest absolute Gasteiger partial charge is 0.550 e. The summed E-state index contributed by atoms with van der Waals surface area (Å²) in [5.74, 6) is -1.28. The molecule has 0 unspecified atom stereocenters. The van der Waals surface area contributed by atoms with Crippen molar-refractivity contribution in [3.8, 4) is 0 Å². The number of carboxylic acids is 1. The van der Waals surface area contributed by atoms with Gasteiger partial charge in [-0.1, -0.05) is 50.5 Å². The Morgan fingerprint density at radius 2 is 1.96 bits per heavy atom. The monoisotopic (exact) mass is 353 g/mol. The quantitative estimate of drug-likeness (QED) is 0.366. The van der Waals surface area contributed by atoms with E-state index in [1.54, 1.807) is 6.08 Å². The molecule has 0 aromatic heterocycles. The highest BCUT2D eigenvalue weighted by atomic mass is 16.4. The SMILES string of the molecule is CCCCC[C@H](O)/C=C/[C@@H]1[C@@H](C/C=C/CCCC(=O)[O-])[C@@H](O)C[C@H]1O. The predicted octanol–water partition coefficient (Wildman–Crippen LogP) is 1.71. The van der Waals surface area contributed by atoms with Crippen LogP contribution in [0.15, 0.2) is 24.3 Å². The van der Waals surface area contributed by atoms with Crippen LogP contribution >= 0.6 is 0 Å². The average Bonchev–Trinajstić information content (AvgIpc) is 2.82. The van der Waals surface area contributed by atoms with E-state index in [0.717, 1.165) is 25.7 Å². The Morgan fingerprint density at radius 1 is 1.20 bits per heavy atom. The van der Waals surface area contributed by atoms with Crippen LogP contribution in [0.3, 0.4) is 0 Å². The first-order valence-corrected chi connectivity index (χ1v) is 9.53. The molecule has 0 radical (unpaired) electrons. The molecule has 5 atom stereocenters. The minimum absolute atomic E-state index is 0.0520. The van der Waals surface area contributed by atoms with E-state index in [2.05, 4.69) is 6.92 Å². The van der Waals surface area contributed by atoms with Gasteiger partial charge in [0.15, 0.2) is 0 Å². The van der Waals surface area contributed by atoms with Crippen molar-refractivity contribution in [1.82, 2.24) is 0 Å². The molecule has 3 N–H and O–H groups in total. The highest BCUT2D eigenvalue weighted by Crippen LogP contribution is 2.36. The van der Waals surface area contributed by atoms with Crippen LogP contribution < -0.4 is 5.11 Å². The molecule has 0 spiro atoms. The number of hydrogen-bond acceptors (Lipinski definition) is 5. The van der Waals surface area contributed by atoms with Crippen molar-refractivity contribution in [2.24, 2.45) is 11.8 Å². The highest BCUT2D eigenvalue weighted by Gasteiger charge is 2.39. The van der Waals surface area contributed by atoms with Gasteiger partial charge in [-0.25, -0.2) is 0 Å². The van der Waals surface area contributed by atoms with Crippen LogP contribution in [0.4, 0.5) is 0 Å². The Balaban J connectivity index is 2.46. The summed E-state index contributed by atoms with van der Waals surface area (Å²) in [5, 5.41) is 40.7. The molecule has 0 bridgehead atoms. The van der Waals surface area contributed by atoms with Gasteiger partial charge in [-0.3, -0.25) is 0 Å². The number of allylic oxidation sites excluding steroid dienone is 2. The van der Waals surface area contributed by atoms with E-state index in [9.17, 15) is 25.2 Å². The molecule has 5 nitrogen and oxygen atoms in total. The molecule has 144 valence electrons. The molecular weight excluding hydrogens is 320 g/mol. The Hall–Kier alpha value is -1.17. The molecule has 0 saturated heterocycles. The summed E-state index contributed by atoms with van der Waals surface area (Å²) in [6.45, 7) is 2.12. The van der Waals surface area contributed by atoms with Crippen LogP contribution in [0.2, 0.25) is 0 Å². The van der Waals surface area contributed by atoms with E-state index in [0.29, 0.717) is 25.7 Å². The van der Waals surface area contributed by atoms with Crippen molar-refractivity contribution in [3.63, 3.8) is 0 Å². The van der Waals surface area contributed by atoms with E-state index in [1.165, 1.54) is 0 Å². The minimum atomic E-state index is -1.04. The first kappa shape index (κ1) is 21.9. The van der Waals surface area contributed by atoms with Crippen LogP contribution in [0.1, 0.15) is 64.7 Å². The summed E-state index contributed by atoms with van der Waals surface area (Å²) in [6.07, 6.45) is 12.0. The normalized spacial score (nSPS) is 28.2. The second kappa shape index (κ2) is 12.2. The first-order valence-electron chi connectivity index (χ1n) is 9.53. The van der Waals surface area contributed by atoms with Gasteiger partial charge >= 0.3 is 0 Å². The van der Waals surface area contributed by atoms with Crippen LogP contribution in [0.25, 0.3) is 0 Å². The maximum Gasteiger partial charge on any atom is 0.0721 e. The Labute approximate surface area is 151 Å². The zero-order valence-corrected chi connectivity index (χ0v) is 15.2. The number of aliphatic hydroxyl groups is 3. The fourth-order valence-electron chi connectivity index (χ4n) is 3.40. The van der Waals surface area contributed by atoms with Crippen LogP contribution in [-0.2, 0) is 4.79 Å². The molecule has 25 heavy (non-hydrogen) atoms. The van der Waals surface area contributed by atoms with Crippen molar-refractivity contribution < 1.29 is 25.2 Å². The molecule has 1 fully saturated rings. The van der Waals surface area contributed by atoms with Gasteiger partial charge < -0.3 is 25.2 Å². The third-order valence-electron chi connectivity index (χ3n) is 4.90. The maximum absolute atomic E-state index is 10.3. The molecule has 0 aromatic carbocycles. The summed E-state index contributed by atoms with van der Waals surface area (Å²) in [7, 11) is 0. The van der Waals surface area contributed by atoms with E-state index < -0.39 is 24.3 Å². The molecule has 0 aromatic rings. The van der Waals surface area contributed by atoms with E-state index in [4.69, 9.17) is 0 Å². The van der Waals surface area contributed by atoms with Crippen LogP contribution in [0, 0.1) is 11.8 Å². The number of unbranched alkanes of at least 4 members (excludes halogenated alkanes) is 3. The summed E-state index contributed by atoms with van der Waals surface area (Å²) in [4.78, 5) is 10.3. The number of carboxylic acid groups (broad SMARTS) is 1. The first-order chi connectivity index (χ1) is 12.0. The average molecular weight is 353 g/mol. The topological polar surface area (TPSA) is 101 Å². The van der Waals surface area contributed by atoms with Gasteiger partial charge in [-0.2, -0.15) is 0 Å². The summed E-state index contributed by atoms with van der Waals surface area (Å²) in [5.41, 5.74) is 0. The number of rotatable bonds is 12. The van der Waals surface area contributed by atoms with Gasteiger partial charge in [0.1, 0.15) is 0 Å². The second-order valence-corrected chi connectivity index (χ2v) is 7.03. The van der Waals surface area contributed by atoms with Crippen molar-refractivity contribution in [1.29, 1.82) is 0 Å². The molecule has 5 heteroatoms. The predicted molar refractivity (Wildman–Crippen MR) is 95.5 cm³/mol. The Bertz CT molecular complexity index is 432. The lowest BCUT2D eigenvalue weighted by atomic mass is 9.89. The fraction of sp³-hybridized carbons (Fsp3) is 0.750. The highest BCUT2D eigenvalue weighted by molar-refractivity contribution is 5.64. The molecular formula is C20H33O5-. The van der Waals surface area contributed by atoms with E-state index >= 15 is 0 Å². The number of hydrogen-bond donors (Lipinski definition) is 3. The van der Waals surface area contributed by atoms with Gasteiger partial charge in [-0.05, 0) is 38.0 Å². The molecule has 1 aliphatic rings. The molecule has 0 heterocycles. The van der Waals surface area contributed by atoms with Crippen LogP contribution in [-0.4, -0.2) is 39.6 Å². The summed E-state index contributed by atoms with van der Waals surface area (Å²) < 4.78 is 0.